The molecule has 0 saturated carbocycles. The highest BCUT2D eigenvalue weighted by Crippen LogP contribution is 2.28. The number of aromatic carboxylic acids is 1. The van der Waals surface area contributed by atoms with Crippen molar-refractivity contribution in [3.05, 3.63) is 58.0 Å². The van der Waals surface area contributed by atoms with E-state index in [4.69, 9.17) is 5.53 Å². The van der Waals surface area contributed by atoms with Crippen molar-refractivity contribution in [1.29, 1.82) is 0 Å². The van der Waals surface area contributed by atoms with Crippen LogP contribution in [-0.2, 0) is 0 Å². The number of carboxylic acids is 1. The Kier molecular flexibility index (Phi) is 4.39. The fraction of sp³-hybridized carbons (Fsp3) is 0.214. The topological polar surface area (TPSA) is 127 Å². The summed E-state index contributed by atoms with van der Waals surface area (Å²) in [5.41, 5.74) is 8.74. The number of carbonyl (C=O) groups is 1. The van der Waals surface area contributed by atoms with Crippen molar-refractivity contribution < 1.29 is 20.1 Å². The summed E-state index contributed by atoms with van der Waals surface area (Å²) in [6.45, 7) is -0.271. The molecule has 2 aromatic carbocycles. The standard InChI is InChI=1S/C14H13N3O4/c15-17-16-7-12(18)13(19)10-5-1-4-9-8(10)3-2-6-11(9)14(20)21/h1-6,12-13,18-19H,7H2,(H,20,21). The van der Waals surface area contributed by atoms with Crippen LogP contribution in [0.5, 0.6) is 0 Å². The minimum atomic E-state index is -1.27. The molecule has 2 aromatic rings. The third-order valence-corrected chi connectivity index (χ3v) is 3.20. The monoisotopic (exact) mass is 287 g/mol. The Hall–Kier alpha value is -2.60. The summed E-state index contributed by atoms with van der Waals surface area (Å²) in [5.74, 6) is -1.07. The lowest BCUT2D eigenvalue weighted by atomic mass is 9.95. The molecule has 0 saturated heterocycles. The van der Waals surface area contributed by atoms with Gasteiger partial charge in [0.1, 0.15) is 6.10 Å². The fourth-order valence-electron chi connectivity index (χ4n) is 2.21. The van der Waals surface area contributed by atoms with Gasteiger partial charge in [-0.25, -0.2) is 4.79 Å². The first-order valence-electron chi connectivity index (χ1n) is 6.18. The first-order valence-corrected chi connectivity index (χ1v) is 6.18. The molecule has 7 nitrogen and oxygen atoms in total. The van der Waals surface area contributed by atoms with Crippen molar-refractivity contribution in [1.82, 2.24) is 0 Å². The average molecular weight is 287 g/mol. The smallest absolute Gasteiger partial charge is 0.336 e. The van der Waals surface area contributed by atoms with E-state index in [-0.39, 0.29) is 12.1 Å². The molecule has 3 N–H and O–H groups in total. The van der Waals surface area contributed by atoms with E-state index in [1.165, 1.54) is 6.07 Å². The second-order valence-corrected chi connectivity index (χ2v) is 4.48. The second-order valence-electron chi connectivity index (χ2n) is 4.48. The van der Waals surface area contributed by atoms with Crippen LogP contribution in [0.2, 0.25) is 0 Å². The van der Waals surface area contributed by atoms with E-state index in [9.17, 15) is 20.1 Å². The van der Waals surface area contributed by atoms with Gasteiger partial charge in [0.15, 0.2) is 0 Å². The molecule has 7 heteroatoms. The zero-order valence-electron chi connectivity index (χ0n) is 10.9. The average Bonchev–Trinajstić information content (AvgIpc) is 2.50. The lowest BCUT2D eigenvalue weighted by Crippen LogP contribution is -2.21. The molecule has 0 bridgehead atoms. The van der Waals surface area contributed by atoms with Gasteiger partial charge in [0.25, 0.3) is 0 Å². The number of benzene rings is 2. The van der Waals surface area contributed by atoms with E-state index in [0.29, 0.717) is 16.3 Å². The van der Waals surface area contributed by atoms with Gasteiger partial charge >= 0.3 is 5.97 Å². The summed E-state index contributed by atoms with van der Waals surface area (Å²) in [5, 5.41) is 33.4. The van der Waals surface area contributed by atoms with Crippen LogP contribution in [0.15, 0.2) is 41.5 Å². The summed E-state index contributed by atoms with van der Waals surface area (Å²) in [6, 6.07) is 9.54. The van der Waals surface area contributed by atoms with Gasteiger partial charge in [-0.3, -0.25) is 0 Å². The molecular weight excluding hydrogens is 274 g/mol. The van der Waals surface area contributed by atoms with Gasteiger partial charge < -0.3 is 15.3 Å². The number of aliphatic hydroxyl groups is 2. The zero-order valence-corrected chi connectivity index (χ0v) is 10.9. The van der Waals surface area contributed by atoms with Crippen molar-refractivity contribution in [2.45, 2.75) is 12.2 Å². The molecule has 21 heavy (non-hydrogen) atoms. The summed E-state index contributed by atoms with van der Waals surface area (Å²) in [4.78, 5) is 13.7. The molecular formula is C14H13N3O4. The van der Waals surface area contributed by atoms with Crippen LogP contribution in [0.25, 0.3) is 21.2 Å². The first kappa shape index (κ1) is 14.8. The van der Waals surface area contributed by atoms with Crippen LogP contribution < -0.4 is 0 Å². The van der Waals surface area contributed by atoms with Crippen molar-refractivity contribution in [2.24, 2.45) is 5.11 Å². The highest BCUT2D eigenvalue weighted by Gasteiger charge is 2.20. The Morgan fingerprint density at radius 2 is 1.86 bits per heavy atom. The lowest BCUT2D eigenvalue weighted by Gasteiger charge is -2.18. The van der Waals surface area contributed by atoms with Gasteiger partial charge in [0.05, 0.1) is 18.2 Å². The van der Waals surface area contributed by atoms with Gasteiger partial charge in [-0.15, -0.1) is 0 Å². The van der Waals surface area contributed by atoms with Gasteiger partial charge in [0.2, 0.25) is 0 Å². The van der Waals surface area contributed by atoms with E-state index in [1.54, 1.807) is 30.3 Å². The minimum Gasteiger partial charge on any atom is -0.478 e. The van der Waals surface area contributed by atoms with Gasteiger partial charge in [-0.05, 0) is 27.9 Å². The SMILES string of the molecule is [N-]=[N+]=NCC(O)C(O)c1cccc2c(C(=O)O)cccc12. The number of carboxylic acid groups (broad SMARTS) is 1. The highest BCUT2D eigenvalue weighted by molar-refractivity contribution is 6.04. The third-order valence-electron chi connectivity index (χ3n) is 3.20. The maximum absolute atomic E-state index is 11.2. The van der Waals surface area contributed by atoms with Crippen molar-refractivity contribution in [2.75, 3.05) is 6.54 Å². The number of hydrogen-bond donors (Lipinski definition) is 3. The first-order chi connectivity index (χ1) is 10.1. The highest BCUT2D eigenvalue weighted by atomic mass is 16.4. The quantitative estimate of drug-likeness (QED) is 0.442. The molecule has 0 heterocycles. The Morgan fingerprint density at radius 3 is 2.52 bits per heavy atom. The Labute approximate surface area is 119 Å². The summed E-state index contributed by atoms with van der Waals surface area (Å²) >= 11 is 0. The van der Waals surface area contributed by atoms with Crippen LogP contribution in [0.4, 0.5) is 0 Å². The number of rotatable bonds is 5. The normalized spacial score (nSPS) is 13.4. The largest absolute Gasteiger partial charge is 0.478 e. The molecule has 0 spiro atoms. The molecule has 0 radical (unpaired) electrons. The molecule has 2 rings (SSSR count). The molecule has 2 atom stereocenters. The molecule has 108 valence electrons. The molecule has 0 aliphatic rings. The summed E-state index contributed by atoms with van der Waals surface area (Å²) in [6.07, 6.45) is -2.54. The molecule has 0 aliphatic carbocycles. The summed E-state index contributed by atoms with van der Waals surface area (Å²) < 4.78 is 0. The maximum atomic E-state index is 11.2. The van der Waals surface area contributed by atoms with Gasteiger partial charge in [0, 0.05) is 4.91 Å². The van der Waals surface area contributed by atoms with Gasteiger partial charge in [-0.1, -0.05) is 35.4 Å². The Balaban J connectivity index is 2.52. The number of azide groups is 1. The van der Waals surface area contributed by atoms with E-state index >= 15 is 0 Å². The predicted molar refractivity (Wildman–Crippen MR) is 75.9 cm³/mol. The van der Waals surface area contributed by atoms with Crippen molar-refractivity contribution in [3.8, 4) is 0 Å². The molecule has 2 unspecified atom stereocenters. The van der Waals surface area contributed by atoms with Crippen LogP contribution in [0.1, 0.15) is 22.0 Å². The second kappa shape index (κ2) is 6.23. The number of hydrogen-bond acceptors (Lipinski definition) is 4. The van der Waals surface area contributed by atoms with Crippen LogP contribution in [0.3, 0.4) is 0 Å². The Morgan fingerprint density at radius 1 is 1.19 bits per heavy atom. The third kappa shape index (κ3) is 2.95. The van der Waals surface area contributed by atoms with Crippen LogP contribution in [-0.4, -0.2) is 33.9 Å². The van der Waals surface area contributed by atoms with Crippen LogP contribution >= 0.6 is 0 Å². The maximum Gasteiger partial charge on any atom is 0.336 e. The van der Waals surface area contributed by atoms with E-state index < -0.39 is 18.2 Å². The van der Waals surface area contributed by atoms with E-state index in [0.717, 1.165) is 0 Å². The van der Waals surface area contributed by atoms with Crippen molar-refractivity contribution in [3.63, 3.8) is 0 Å². The molecule has 0 aliphatic heterocycles. The van der Waals surface area contributed by atoms with Gasteiger partial charge in [-0.2, -0.15) is 0 Å². The molecule has 0 amide bonds. The fourth-order valence-corrected chi connectivity index (χ4v) is 2.21. The number of aliphatic hydroxyl groups excluding tert-OH is 2. The lowest BCUT2D eigenvalue weighted by molar-refractivity contribution is 0.0253. The number of fused-ring (bicyclic) bond motifs is 1. The zero-order chi connectivity index (χ0) is 15.4. The molecule has 0 fully saturated rings. The van der Waals surface area contributed by atoms with E-state index in [1.807, 2.05) is 0 Å². The number of nitrogens with zero attached hydrogens (tertiary/aromatic N) is 3. The predicted octanol–water partition coefficient (Wildman–Crippen LogP) is 2.24. The van der Waals surface area contributed by atoms with Crippen LogP contribution in [0, 0.1) is 0 Å². The Bertz CT molecular complexity index is 725. The minimum absolute atomic E-state index is 0.117. The summed E-state index contributed by atoms with van der Waals surface area (Å²) in [7, 11) is 0. The molecule has 0 aromatic heterocycles. The van der Waals surface area contributed by atoms with E-state index in [2.05, 4.69) is 10.0 Å². The van der Waals surface area contributed by atoms with Crippen molar-refractivity contribution >= 4 is 16.7 Å².